The maximum Gasteiger partial charge on any atom is 0.456 e. The van der Waals surface area contributed by atoms with Gasteiger partial charge in [0.2, 0.25) is 11.7 Å². The van der Waals surface area contributed by atoms with Crippen molar-refractivity contribution >= 4 is 0 Å². The summed E-state index contributed by atoms with van der Waals surface area (Å²) >= 11 is 0. The van der Waals surface area contributed by atoms with E-state index in [-0.39, 0.29) is 18.1 Å². The molecule has 9 nitrogen and oxygen atoms in total. The first-order valence-electron chi connectivity index (χ1n) is 6.20. The van der Waals surface area contributed by atoms with Gasteiger partial charge in [-0.3, -0.25) is 20.2 Å². The van der Waals surface area contributed by atoms with Gasteiger partial charge in [-0.05, 0) is 24.3 Å². The minimum absolute atomic E-state index is 0.0363. The zero-order chi connectivity index (χ0) is 16.3. The summed E-state index contributed by atoms with van der Waals surface area (Å²) in [5.41, 5.74) is -1.81. The van der Waals surface area contributed by atoms with Gasteiger partial charge in [0.1, 0.15) is 5.82 Å². The zero-order valence-electron chi connectivity index (χ0n) is 11.4. The molecule has 116 valence electrons. The number of nitro groups is 2. The summed E-state index contributed by atoms with van der Waals surface area (Å²) in [6.07, 6.45) is -0.509. The molecule has 0 fully saturated rings. The highest BCUT2D eigenvalue weighted by molar-refractivity contribution is 5.53. The Labute approximate surface area is 123 Å². The molecule has 0 unspecified atom stereocenters. The fourth-order valence-electron chi connectivity index (χ4n) is 1.67. The fourth-order valence-corrected chi connectivity index (χ4v) is 1.67. The van der Waals surface area contributed by atoms with Crippen LogP contribution in [-0.2, 0) is 6.42 Å². The van der Waals surface area contributed by atoms with E-state index in [4.69, 9.17) is 4.52 Å². The summed E-state index contributed by atoms with van der Waals surface area (Å²) < 4.78 is 17.7. The highest BCUT2D eigenvalue weighted by Crippen LogP contribution is 2.20. The monoisotopic (exact) mass is 310 g/mol. The number of hydrogen-bond donors (Lipinski definition) is 0. The number of nitrogens with zero attached hydrogens (tertiary/aromatic N) is 4. The lowest BCUT2D eigenvalue weighted by molar-refractivity contribution is -0.793. The molecule has 0 saturated carbocycles. The zero-order valence-corrected chi connectivity index (χ0v) is 11.4. The van der Waals surface area contributed by atoms with E-state index in [1.165, 1.54) is 24.3 Å². The van der Waals surface area contributed by atoms with Gasteiger partial charge in [-0.25, -0.2) is 4.39 Å². The lowest BCUT2D eigenvalue weighted by Gasteiger charge is -2.10. The molecule has 2 aromatic rings. The first-order valence-corrected chi connectivity index (χ1v) is 6.20. The molecular weight excluding hydrogens is 299 g/mol. The normalized spacial score (nSPS) is 11.4. The summed E-state index contributed by atoms with van der Waals surface area (Å²) in [5, 5.41) is 25.3. The van der Waals surface area contributed by atoms with E-state index in [0.29, 0.717) is 5.56 Å². The molecule has 0 radical (unpaired) electrons. The molecule has 10 heteroatoms. The Morgan fingerprint density at radius 1 is 1.23 bits per heavy atom. The third kappa shape index (κ3) is 3.05. The molecule has 1 heterocycles. The minimum atomic E-state index is -2.31. The molecule has 1 aromatic heterocycles. The molecular formula is C12H11FN4O5. The Hall–Kier alpha value is -2.91. The van der Waals surface area contributed by atoms with Gasteiger partial charge >= 0.3 is 5.66 Å². The van der Waals surface area contributed by atoms with Crippen molar-refractivity contribution in [2.75, 3.05) is 0 Å². The van der Waals surface area contributed by atoms with Crippen LogP contribution in [0.25, 0.3) is 11.4 Å². The molecule has 0 aliphatic carbocycles. The number of benzene rings is 1. The predicted molar refractivity (Wildman–Crippen MR) is 70.4 cm³/mol. The van der Waals surface area contributed by atoms with Crippen LogP contribution in [0.2, 0.25) is 0 Å². The topological polar surface area (TPSA) is 125 Å². The van der Waals surface area contributed by atoms with Crippen LogP contribution in [0.1, 0.15) is 19.2 Å². The van der Waals surface area contributed by atoms with Crippen LogP contribution in [0.5, 0.6) is 0 Å². The van der Waals surface area contributed by atoms with Gasteiger partial charge < -0.3 is 4.52 Å². The van der Waals surface area contributed by atoms with Crippen LogP contribution in [0, 0.1) is 26.0 Å². The van der Waals surface area contributed by atoms with Crippen molar-refractivity contribution in [3.8, 4) is 11.4 Å². The second-order valence-corrected chi connectivity index (χ2v) is 4.75. The van der Waals surface area contributed by atoms with E-state index in [2.05, 4.69) is 10.1 Å². The Balaban J connectivity index is 2.11. The summed E-state index contributed by atoms with van der Waals surface area (Å²) in [6, 6.07) is 5.34. The van der Waals surface area contributed by atoms with Crippen LogP contribution >= 0.6 is 0 Å². The average Bonchev–Trinajstić information content (AvgIpc) is 2.94. The van der Waals surface area contributed by atoms with E-state index in [1.54, 1.807) is 0 Å². The number of aromatic nitrogens is 2. The smallest absolute Gasteiger partial charge is 0.339 e. The largest absolute Gasteiger partial charge is 0.456 e. The Morgan fingerprint density at radius 2 is 1.82 bits per heavy atom. The quantitative estimate of drug-likeness (QED) is 0.454. The van der Waals surface area contributed by atoms with Crippen LogP contribution in [0.15, 0.2) is 28.8 Å². The van der Waals surface area contributed by atoms with Gasteiger partial charge in [-0.2, -0.15) is 4.98 Å². The van der Waals surface area contributed by atoms with Crippen molar-refractivity contribution in [2.24, 2.45) is 0 Å². The third-order valence-electron chi connectivity index (χ3n) is 3.17. The first kappa shape index (κ1) is 15.5. The van der Waals surface area contributed by atoms with Gasteiger partial charge in [-0.1, -0.05) is 5.16 Å². The maximum absolute atomic E-state index is 12.8. The molecule has 0 aliphatic rings. The fraction of sp³-hybridized carbons (Fsp3) is 0.333. The standard InChI is InChI=1S/C12H11FN4O5/c1-12(16(18)19,17(20)21)7-6-10-14-11(15-22-10)8-2-4-9(13)5-3-8/h2-5H,6-7H2,1H3. The van der Waals surface area contributed by atoms with Crippen molar-refractivity contribution in [3.63, 3.8) is 0 Å². The van der Waals surface area contributed by atoms with E-state index >= 15 is 0 Å². The van der Waals surface area contributed by atoms with E-state index in [0.717, 1.165) is 6.92 Å². The SMILES string of the molecule is CC(CCc1nc(-c2ccc(F)cc2)no1)([N+](=O)[O-])[N+](=O)[O-]. The third-order valence-corrected chi connectivity index (χ3v) is 3.17. The van der Waals surface area contributed by atoms with E-state index in [9.17, 15) is 24.6 Å². The van der Waals surface area contributed by atoms with Crippen LogP contribution < -0.4 is 0 Å². The van der Waals surface area contributed by atoms with E-state index in [1.807, 2.05) is 0 Å². The highest BCUT2D eigenvalue weighted by Gasteiger charge is 2.50. The summed E-state index contributed by atoms with van der Waals surface area (Å²) in [7, 11) is 0. The van der Waals surface area contributed by atoms with Crippen molar-refractivity contribution in [1.82, 2.24) is 10.1 Å². The molecule has 0 aliphatic heterocycles. The van der Waals surface area contributed by atoms with Crippen LogP contribution in [0.3, 0.4) is 0 Å². The average molecular weight is 310 g/mol. The molecule has 0 amide bonds. The molecule has 0 atom stereocenters. The van der Waals surface area contributed by atoms with Crippen molar-refractivity contribution in [1.29, 1.82) is 0 Å². The predicted octanol–water partition coefficient (Wildman–Crippen LogP) is 2.08. The van der Waals surface area contributed by atoms with Gasteiger partial charge in [0.05, 0.1) is 23.2 Å². The molecule has 0 spiro atoms. The van der Waals surface area contributed by atoms with Gasteiger partial charge in [0, 0.05) is 12.0 Å². The number of aryl methyl sites for hydroxylation is 1. The van der Waals surface area contributed by atoms with E-state index < -0.39 is 27.7 Å². The second kappa shape index (κ2) is 5.84. The summed E-state index contributed by atoms with van der Waals surface area (Å²) in [6.45, 7) is 0.921. The van der Waals surface area contributed by atoms with Crippen molar-refractivity contribution in [3.05, 3.63) is 56.2 Å². The maximum atomic E-state index is 12.8. The van der Waals surface area contributed by atoms with Crippen LogP contribution in [-0.4, -0.2) is 25.7 Å². The molecule has 0 N–H and O–H groups in total. The summed E-state index contributed by atoms with van der Waals surface area (Å²) in [5.74, 6) is -0.201. The molecule has 0 saturated heterocycles. The molecule has 2 rings (SSSR count). The highest BCUT2D eigenvalue weighted by atomic mass is 19.1. The summed E-state index contributed by atoms with van der Waals surface area (Å²) in [4.78, 5) is 23.7. The molecule has 0 bridgehead atoms. The molecule has 1 aromatic carbocycles. The number of hydrogen-bond acceptors (Lipinski definition) is 7. The van der Waals surface area contributed by atoms with Gasteiger partial charge in [0.25, 0.3) is 0 Å². The molecule has 22 heavy (non-hydrogen) atoms. The Kier molecular flexibility index (Phi) is 4.11. The van der Waals surface area contributed by atoms with Crippen LogP contribution in [0.4, 0.5) is 4.39 Å². The lowest BCUT2D eigenvalue weighted by atomic mass is 10.1. The Morgan fingerprint density at radius 3 is 2.36 bits per heavy atom. The van der Waals surface area contributed by atoms with Gasteiger partial charge in [-0.15, -0.1) is 0 Å². The second-order valence-electron chi connectivity index (χ2n) is 4.75. The Bertz CT molecular complexity index is 686. The van der Waals surface area contributed by atoms with Crippen molar-refractivity contribution < 1.29 is 18.8 Å². The number of rotatable bonds is 6. The number of halogens is 1. The minimum Gasteiger partial charge on any atom is -0.339 e. The first-order chi connectivity index (χ1) is 10.3. The lowest BCUT2D eigenvalue weighted by Crippen LogP contribution is -2.43. The van der Waals surface area contributed by atoms with Gasteiger partial charge in [0.15, 0.2) is 0 Å². The van der Waals surface area contributed by atoms with Crippen molar-refractivity contribution in [2.45, 2.75) is 25.4 Å².